The van der Waals surface area contributed by atoms with Crippen LogP contribution in [0.3, 0.4) is 0 Å². The normalized spacial score (nSPS) is 16.4. The van der Waals surface area contributed by atoms with Crippen LogP contribution in [0.15, 0.2) is 57.9 Å². The molecule has 0 saturated carbocycles. The average molecular weight is 422 g/mol. The monoisotopic (exact) mass is 422 g/mol. The lowest BCUT2D eigenvalue weighted by atomic mass is 10.1. The third kappa shape index (κ3) is 4.75. The second-order valence-electron chi connectivity index (χ2n) is 7.19. The van der Waals surface area contributed by atoms with Gasteiger partial charge in [-0.25, -0.2) is 9.79 Å². The molecule has 1 amide bonds. The zero-order chi connectivity index (χ0) is 21.8. The maximum absolute atomic E-state index is 12.9. The number of carbonyl (C=O) groups is 2. The molecule has 1 saturated heterocycles. The summed E-state index contributed by atoms with van der Waals surface area (Å²) < 4.78 is 16.2. The molecule has 160 valence electrons. The second kappa shape index (κ2) is 9.01. The summed E-state index contributed by atoms with van der Waals surface area (Å²) in [6, 6.07) is 12.8. The Balaban J connectivity index is 1.76. The zero-order valence-electron chi connectivity index (χ0n) is 17.0. The van der Waals surface area contributed by atoms with Crippen molar-refractivity contribution in [3.63, 3.8) is 0 Å². The van der Waals surface area contributed by atoms with E-state index in [0.717, 1.165) is 12.8 Å². The van der Waals surface area contributed by atoms with E-state index in [4.69, 9.17) is 13.9 Å². The van der Waals surface area contributed by atoms with Crippen molar-refractivity contribution in [3.05, 3.63) is 65.2 Å². The molecule has 2 heterocycles. The van der Waals surface area contributed by atoms with Gasteiger partial charge in [-0.15, -0.1) is 0 Å². The fourth-order valence-electron chi connectivity index (χ4n) is 3.40. The maximum Gasteiger partial charge on any atom is 0.337 e. The number of benzene rings is 2. The molecule has 31 heavy (non-hydrogen) atoms. The van der Waals surface area contributed by atoms with E-state index in [1.54, 1.807) is 36.4 Å². The number of aromatic hydroxyl groups is 1. The molecular formula is C23H22N2O6. The van der Waals surface area contributed by atoms with Gasteiger partial charge in [0.1, 0.15) is 16.9 Å². The molecule has 1 aliphatic rings. The van der Waals surface area contributed by atoms with E-state index in [9.17, 15) is 14.7 Å². The van der Waals surface area contributed by atoms with Crippen LogP contribution >= 0.6 is 0 Å². The van der Waals surface area contributed by atoms with E-state index in [-0.39, 0.29) is 28.9 Å². The van der Waals surface area contributed by atoms with Gasteiger partial charge in [-0.3, -0.25) is 4.79 Å². The van der Waals surface area contributed by atoms with Crippen molar-refractivity contribution in [1.82, 2.24) is 5.32 Å². The van der Waals surface area contributed by atoms with Crippen LogP contribution in [0.25, 0.3) is 11.0 Å². The van der Waals surface area contributed by atoms with Gasteiger partial charge in [0, 0.05) is 24.6 Å². The van der Waals surface area contributed by atoms with Gasteiger partial charge in [0.25, 0.3) is 5.91 Å². The Morgan fingerprint density at radius 3 is 2.87 bits per heavy atom. The Morgan fingerprint density at radius 2 is 2.10 bits per heavy atom. The molecule has 4 rings (SSSR count). The van der Waals surface area contributed by atoms with Gasteiger partial charge in [0.2, 0.25) is 5.55 Å². The Morgan fingerprint density at radius 1 is 1.23 bits per heavy atom. The first kappa shape index (κ1) is 20.6. The SMILES string of the molecule is COC(=O)c1cccc(N=c2oc3cc(O)ccc3cc2C(=O)NC[C@H]2CCCO2)c1. The molecule has 0 bridgehead atoms. The minimum Gasteiger partial charge on any atom is -0.508 e. The van der Waals surface area contributed by atoms with Gasteiger partial charge < -0.3 is 24.3 Å². The number of phenolic OH excluding ortho intramolecular Hbond substituents is 1. The molecular weight excluding hydrogens is 400 g/mol. The van der Waals surface area contributed by atoms with Crippen molar-refractivity contribution in [3.8, 4) is 5.75 Å². The molecule has 0 aliphatic carbocycles. The van der Waals surface area contributed by atoms with Crippen LogP contribution in [-0.2, 0) is 9.47 Å². The zero-order valence-corrected chi connectivity index (χ0v) is 17.0. The number of nitrogens with zero attached hydrogens (tertiary/aromatic N) is 1. The van der Waals surface area contributed by atoms with Crippen LogP contribution in [0.5, 0.6) is 5.75 Å². The number of fused-ring (bicyclic) bond motifs is 1. The summed E-state index contributed by atoms with van der Waals surface area (Å²) in [6.07, 6.45) is 1.88. The molecule has 1 aliphatic heterocycles. The Bertz CT molecular complexity index is 1190. The topological polar surface area (TPSA) is 110 Å². The number of carbonyl (C=O) groups excluding carboxylic acids is 2. The number of amides is 1. The molecule has 2 N–H and O–H groups in total. The second-order valence-corrected chi connectivity index (χ2v) is 7.19. The first-order valence-electron chi connectivity index (χ1n) is 9.93. The summed E-state index contributed by atoms with van der Waals surface area (Å²) in [4.78, 5) is 29.2. The molecule has 0 spiro atoms. The molecule has 8 nitrogen and oxygen atoms in total. The summed E-state index contributed by atoms with van der Waals surface area (Å²) in [5, 5.41) is 13.3. The van der Waals surface area contributed by atoms with E-state index in [1.165, 1.54) is 19.2 Å². The smallest absolute Gasteiger partial charge is 0.337 e. The first-order valence-corrected chi connectivity index (χ1v) is 9.93. The van der Waals surface area contributed by atoms with E-state index >= 15 is 0 Å². The van der Waals surface area contributed by atoms with Crippen molar-refractivity contribution in [1.29, 1.82) is 0 Å². The van der Waals surface area contributed by atoms with Crippen LogP contribution in [0.2, 0.25) is 0 Å². The number of methoxy groups -OCH3 is 1. The van der Waals surface area contributed by atoms with Crippen molar-refractivity contribution in [2.24, 2.45) is 4.99 Å². The van der Waals surface area contributed by atoms with Crippen LogP contribution in [0, 0.1) is 0 Å². The highest BCUT2D eigenvalue weighted by Crippen LogP contribution is 2.21. The molecule has 3 aromatic rings. The number of esters is 1. The summed E-state index contributed by atoms with van der Waals surface area (Å²) in [6.45, 7) is 1.09. The average Bonchev–Trinajstić information content (AvgIpc) is 3.30. The number of hydrogen-bond donors (Lipinski definition) is 2. The van der Waals surface area contributed by atoms with Gasteiger partial charge in [-0.2, -0.15) is 0 Å². The number of ether oxygens (including phenoxy) is 2. The van der Waals surface area contributed by atoms with Crippen LogP contribution in [0.1, 0.15) is 33.6 Å². The van der Waals surface area contributed by atoms with E-state index in [1.807, 2.05) is 0 Å². The Hall–Kier alpha value is -3.65. The lowest BCUT2D eigenvalue weighted by Gasteiger charge is -2.11. The molecule has 8 heteroatoms. The fourth-order valence-corrected chi connectivity index (χ4v) is 3.40. The van der Waals surface area contributed by atoms with Gasteiger partial charge >= 0.3 is 5.97 Å². The summed E-state index contributed by atoms with van der Waals surface area (Å²) >= 11 is 0. The summed E-state index contributed by atoms with van der Waals surface area (Å²) in [5.41, 5.74) is 1.41. The highest BCUT2D eigenvalue weighted by Gasteiger charge is 2.19. The van der Waals surface area contributed by atoms with Crippen LogP contribution in [-0.4, -0.2) is 43.3 Å². The van der Waals surface area contributed by atoms with E-state index < -0.39 is 5.97 Å². The quantitative estimate of drug-likeness (QED) is 0.612. The number of phenols is 1. The predicted molar refractivity (Wildman–Crippen MR) is 112 cm³/mol. The third-order valence-corrected chi connectivity index (χ3v) is 4.99. The third-order valence-electron chi connectivity index (χ3n) is 4.99. The van der Waals surface area contributed by atoms with Crippen molar-refractivity contribution < 1.29 is 28.6 Å². The van der Waals surface area contributed by atoms with E-state index in [2.05, 4.69) is 10.3 Å². The minimum atomic E-state index is -0.494. The lowest BCUT2D eigenvalue weighted by Crippen LogP contribution is -2.34. The molecule has 1 fully saturated rings. The molecule has 0 radical (unpaired) electrons. The van der Waals surface area contributed by atoms with E-state index in [0.29, 0.717) is 35.4 Å². The Labute approximate surface area is 178 Å². The Kier molecular flexibility index (Phi) is 5.99. The molecule has 1 aromatic heterocycles. The van der Waals surface area contributed by atoms with Crippen molar-refractivity contribution >= 4 is 28.5 Å². The van der Waals surface area contributed by atoms with Crippen molar-refractivity contribution in [2.45, 2.75) is 18.9 Å². The van der Waals surface area contributed by atoms with Crippen LogP contribution in [0.4, 0.5) is 5.69 Å². The van der Waals surface area contributed by atoms with Gasteiger partial charge in [-0.1, -0.05) is 6.07 Å². The van der Waals surface area contributed by atoms with Gasteiger partial charge in [-0.05, 0) is 49.2 Å². The summed E-state index contributed by atoms with van der Waals surface area (Å²) in [5.74, 6) is -0.811. The lowest BCUT2D eigenvalue weighted by molar-refractivity contribution is 0.0600. The first-order chi connectivity index (χ1) is 15.0. The number of rotatable bonds is 5. The number of nitrogens with one attached hydrogen (secondary N) is 1. The number of hydrogen-bond acceptors (Lipinski definition) is 7. The van der Waals surface area contributed by atoms with Crippen molar-refractivity contribution in [2.75, 3.05) is 20.3 Å². The predicted octanol–water partition coefficient (Wildman–Crippen LogP) is 3.07. The molecule has 0 unspecified atom stereocenters. The van der Waals surface area contributed by atoms with Gasteiger partial charge in [0.15, 0.2) is 0 Å². The molecule has 2 aromatic carbocycles. The minimum absolute atomic E-state index is 0.00424. The fraction of sp³-hybridized carbons (Fsp3) is 0.261. The highest BCUT2D eigenvalue weighted by atomic mass is 16.5. The highest BCUT2D eigenvalue weighted by molar-refractivity contribution is 5.96. The van der Waals surface area contributed by atoms with Gasteiger partial charge in [0.05, 0.1) is 24.5 Å². The largest absolute Gasteiger partial charge is 0.508 e. The standard InChI is InChI=1S/C23H22N2O6/c1-29-23(28)15-4-2-5-16(10-15)25-22-19(21(27)24-13-18-6-3-9-30-18)11-14-7-8-17(26)12-20(14)31-22/h2,4-5,7-8,10-12,18,26H,3,6,9,13H2,1H3,(H,24,27)/t18-/m1/s1. The van der Waals surface area contributed by atoms with Crippen LogP contribution < -0.4 is 10.9 Å². The summed E-state index contributed by atoms with van der Waals surface area (Å²) in [7, 11) is 1.30. The maximum atomic E-state index is 12.9. The molecule has 1 atom stereocenters.